The first-order valence-electron chi connectivity index (χ1n) is 7.94. The molecular weight excluding hydrogens is 284 g/mol. The van der Waals surface area contributed by atoms with Gasteiger partial charge in [0.25, 0.3) is 0 Å². The SMILES string of the molecule is CN=C(NCCOCCOC)N1CCC(CC(=O)NC)CC1. The van der Waals surface area contributed by atoms with Crippen molar-refractivity contribution >= 4 is 11.9 Å². The lowest BCUT2D eigenvalue weighted by molar-refractivity contribution is -0.121. The van der Waals surface area contributed by atoms with E-state index in [-0.39, 0.29) is 5.91 Å². The van der Waals surface area contributed by atoms with Crippen molar-refractivity contribution in [2.45, 2.75) is 19.3 Å². The molecule has 0 aromatic rings. The molecule has 0 radical (unpaired) electrons. The van der Waals surface area contributed by atoms with Gasteiger partial charge in [-0.2, -0.15) is 0 Å². The molecule has 7 heteroatoms. The van der Waals surface area contributed by atoms with E-state index in [1.54, 1.807) is 21.2 Å². The Bertz CT molecular complexity index is 342. The molecule has 0 atom stereocenters. The van der Waals surface area contributed by atoms with Crippen LogP contribution in [-0.2, 0) is 14.3 Å². The van der Waals surface area contributed by atoms with Gasteiger partial charge in [-0.25, -0.2) is 0 Å². The smallest absolute Gasteiger partial charge is 0.220 e. The molecule has 0 aromatic carbocycles. The molecule has 1 aliphatic rings. The number of amides is 1. The van der Waals surface area contributed by atoms with Gasteiger partial charge in [-0.1, -0.05) is 0 Å². The molecule has 1 aliphatic heterocycles. The van der Waals surface area contributed by atoms with Crippen molar-refractivity contribution in [3.63, 3.8) is 0 Å². The third-order valence-corrected chi connectivity index (χ3v) is 3.84. The quantitative estimate of drug-likeness (QED) is 0.377. The van der Waals surface area contributed by atoms with Crippen molar-refractivity contribution < 1.29 is 14.3 Å². The number of piperidine rings is 1. The molecule has 0 aliphatic carbocycles. The summed E-state index contributed by atoms with van der Waals surface area (Å²) in [6.45, 7) is 4.47. The molecule has 2 N–H and O–H groups in total. The summed E-state index contributed by atoms with van der Waals surface area (Å²) >= 11 is 0. The van der Waals surface area contributed by atoms with Gasteiger partial charge in [0.1, 0.15) is 0 Å². The summed E-state index contributed by atoms with van der Waals surface area (Å²) in [7, 11) is 5.15. The zero-order chi connectivity index (χ0) is 16.2. The zero-order valence-electron chi connectivity index (χ0n) is 14.1. The lowest BCUT2D eigenvalue weighted by atomic mass is 9.93. The number of rotatable bonds is 8. The number of hydrogen-bond acceptors (Lipinski definition) is 4. The Morgan fingerprint density at radius 3 is 2.59 bits per heavy atom. The Hall–Kier alpha value is -1.34. The van der Waals surface area contributed by atoms with Crippen LogP contribution < -0.4 is 10.6 Å². The summed E-state index contributed by atoms with van der Waals surface area (Å²) in [5.74, 6) is 1.52. The van der Waals surface area contributed by atoms with Crippen LogP contribution in [0.25, 0.3) is 0 Å². The van der Waals surface area contributed by atoms with Gasteiger partial charge >= 0.3 is 0 Å². The molecule has 22 heavy (non-hydrogen) atoms. The molecule has 0 bridgehead atoms. The highest BCUT2D eigenvalue weighted by molar-refractivity contribution is 5.80. The van der Waals surface area contributed by atoms with Crippen LogP contribution in [0.2, 0.25) is 0 Å². The fraction of sp³-hybridized carbons (Fsp3) is 0.867. The number of guanidine groups is 1. The monoisotopic (exact) mass is 314 g/mol. The molecule has 1 amide bonds. The van der Waals surface area contributed by atoms with E-state index in [0.717, 1.165) is 38.4 Å². The lowest BCUT2D eigenvalue weighted by Gasteiger charge is -2.34. The maximum absolute atomic E-state index is 11.4. The minimum atomic E-state index is 0.133. The summed E-state index contributed by atoms with van der Waals surface area (Å²) in [5.41, 5.74) is 0. The van der Waals surface area contributed by atoms with E-state index in [0.29, 0.717) is 32.2 Å². The first kappa shape index (κ1) is 18.7. The van der Waals surface area contributed by atoms with Gasteiger partial charge in [-0.15, -0.1) is 0 Å². The highest BCUT2D eigenvalue weighted by Gasteiger charge is 2.22. The number of carbonyl (C=O) groups is 1. The van der Waals surface area contributed by atoms with E-state index >= 15 is 0 Å². The Morgan fingerprint density at radius 1 is 1.27 bits per heavy atom. The molecule has 0 unspecified atom stereocenters. The second kappa shape index (κ2) is 11.3. The van der Waals surface area contributed by atoms with E-state index in [9.17, 15) is 4.79 Å². The van der Waals surface area contributed by atoms with E-state index in [1.165, 1.54) is 0 Å². The summed E-state index contributed by atoms with van der Waals surface area (Å²) in [6.07, 6.45) is 2.68. The van der Waals surface area contributed by atoms with Crippen LogP contribution in [0.15, 0.2) is 4.99 Å². The van der Waals surface area contributed by atoms with Gasteiger partial charge in [0, 0.05) is 47.3 Å². The summed E-state index contributed by atoms with van der Waals surface area (Å²) in [4.78, 5) is 18.0. The largest absolute Gasteiger partial charge is 0.382 e. The predicted molar refractivity (Wildman–Crippen MR) is 87.0 cm³/mol. The first-order valence-corrected chi connectivity index (χ1v) is 7.94. The molecule has 0 spiro atoms. The van der Waals surface area contributed by atoms with E-state index in [1.807, 2.05) is 0 Å². The number of methoxy groups -OCH3 is 1. The third-order valence-electron chi connectivity index (χ3n) is 3.84. The minimum absolute atomic E-state index is 0.133. The normalized spacial score (nSPS) is 16.7. The minimum Gasteiger partial charge on any atom is -0.382 e. The molecule has 0 saturated carbocycles. The number of hydrogen-bond donors (Lipinski definition) is 2. The van der Waals surface area contributed by atoms with Crippen molar-refractivity contribution in [3.05, 3.63) is 0 Å². The first-order chi connectivity index (χ1) is 10.7. The summed E-state index contributed by atoms with van der Waals surface area (Å²) < 4.78 is 10.3. The standard InChI is InChI=1S/C15H30N4O3/c1-16-14(20)12-13-4-7-19(8-5-13)15(17-2)18-6-9-22-11-10-21-3/h13H,4-12H2,1-3H3,(H,16,20)(H,17,18). The Labute approximate surface area is 133 Å². The maximum atomic E-state index is 11.4. The van der Waals surface area contributed by atoms with E-state index in [2.05, 4.69) is 20.5 Å². The molecule has 1 saturated heterocycles. The number of ether oxygens (including phenoxy) is 2. The van der Waals surface area contributed by atoms with Crippen molar-refractivity contribution in [2.75, 3.05) is 60.7 Å². The van der Waals surface area contributed by atoms with Crippen LogP contribution >= 0.6 is 0 Å². The number of aliphatic imine (C=N–C) groups is 1. The Balaban J connectivity index is 2.21. The van der Waals surface area contributed by atoms with Gasteiger partial charge in [0.05, 0.1) is 19.8 Å². The highest BCUT2D eigenvalue weighted by Crippen LogP contribution is 2.20. The topological polar surface area (TPSA) is 75.2 Å². The average molecular weight is 314 g/mol. The van der Waals surface area contributed by atoms with Crippen LogP contribution in [0.1, 0.15) is 19.3 Å². The van der Waals surface area contributed by atoms with Crippen molar-refractivity contribution in [2.24, 2.45) is 10.9 Å². The third kappa shape index (κ3) is 7.09. The van der Waals surface area contributed by atoms with Crippen molar-refractivity contribution in [1.29, 1.82) is 0 Å². The van der Waals surface area contributed by atoms with E-state index in [4.69, 9.17) is 9.47 Å². The molecule has 1 fully saturated rings. The molecule has 0 aromatic heterocycles. The van der Waals surface area contributed by atoms with Crippen LogP contribution in [-0.4, -0.2) is 77.4 Å². The van der Waals surface area contributed by atoms with Gasteiger partial charge in [-0.05, 0) is 18.8 Å². The average Bonchev–Trinajstić information content (AvgIpc) is 2.55. The van der Waals surface area contributed by atoms with Crippen molar-refractivity contribution in [1.82, 2.24) is 15.5 Å². The van der Waals surface area contributed by atoms with Gasteiger partial charge < -0.3 is 25.0 Å². The van der Waals surface area contributed by atoms with Gasteiger partial charge in [0.2, 0.25) is 5.91 Å². The fourth-order valence-electron chi connectivity index (χ4n) is 2.52. The Kier molecular flexibility index (Phi) is 9.57. The number of nitrogens with zero attached hydrogens (tertiary/aromatic N) is 2. The highest BCUT2D eigenvalue weighted by atomic mass is 16.5. The number of likely N-dealkylation sites (tertiary alicyclic amines) is 1. The number of nitrogens with one attached hydrogen (secondary N) is 2. The van der Waals surface area contributed by atoms with Crippen LogP contribution in [0, 0.1) is 5.92 Å². The maximum Gasteiger partial charge on any atom is 0.220 e. The lowest BCUT2D eigenvalue weighted by Crippen LogP contribution is -2.46. The zero-order valence-corrected chi connectivity index (χ0v) is 14.1. The van der Waals surface area contributed by atoms with E-state index < -0.39 is 0 Å². The summed E-state index contributed by atoms with van der Waals surface area (Å²) in [6, 6.07) is 0. The molecule has 1 heterocycles. The predicted octanol–water partition coefficient (Wildman–Crippen LogP) is 0.0729. The van der Waals surface area contributed by atoms with Crippen LogP contribution in [0.3, 0.4) is 0 Å². The molecule has 128 valence electrons. The second-order valence-corrected chi connectivity index (χ2v) is 5.39. The van der Waals surface area contributed by atoms with Gasteiger partial charge in [-0.3, -0.25) is 9.79 Å². The molecule has 7 nitrogen and oxygen atoms in total. The van der Waals surface area contributed by atoms with Crippen LogP contribution in [0.4, 0.5) is 0 Å². The number of carbonyl (C=O) groups excluding carboxylic acids is 1. The fourth-order valence-corrected chi connectivity index (χ4v) is 2.52. The van der Waals surface area contributed by atoms with Gasteiger partial charge in [0.15, 0.2) is 5.96 Å². The Morgan fingerprint density at radius 2 is 2.00 bits per heavy atom. The summed E-state index contributed by atoms with van der Waals surface area (Å²) in [5, 5.41) is 6.01. The van der Waals surface area contributed by atoms with Crippen LogP contribution in [0.5, 0.6) is 0 Å². The molecule has 1 rings (SSSR count). The van der Waals surface area contributed by atoms with Crippen molar-refractivity contribution in [3.8, 4) is 0 Å². The second-order valence-electron chi connectivity index (χ2n) is 5.39. The molecular formula is C15H30N4O3.